The highest BCUT2D eigenvalue weighted by atomic mass is 16.6. The Morgan fingerprint density at radius 3 is 2.61 bits per heavy atom. The van der Waals surface area contributed by atoms with Crippen LogP contribution >= 0.6 is 0 Å². The average molecular weight is 318 g/mol. The molecule has 7 nitrogen and oxygen atoms in total. The first-order valence-electron chi connectivity index (χ1n) is 7.67. The summed E-state index contributed by atoms with van der Waals surface area (Å²) in [6.45, 7) is 10.6. The van der Waals surface area contributed by atoms with Crippen molar-refractivity contribution in [2.75, 3.05) is 0 Å². The summed E-state index contributed by atoms with van der Waals surface area (Å²) in [5.41, 5.74) is 9.83. The number of amides is 1. The first-order valence-corrected chi connectivity index (χ1v) is 7.67. The van der Waals surface area contributed by atoms with Crippen LogP contribution in [0, 0.1) is 5.41 Å². The molecular weight excluding hydrogens is 294 g/mol. The summed E-state index contributed by atoms with van der Waals surface area (Å²) >= 11 is 0. The van der Waals surface area contributed by atoms with Crippen molar-refractivity contribution in [1.29, 1.82) is 5.41 Å². The van der Waals surface area contributed by atoms with Gasteiger partial charge in [-0.25, -0.2) is 9.78 Å². The van der Waals surface area contributed by atoms with Crippen molar-refractivity contribution in [3.8, 4) is 0 Å². The summed E-state index contributed by atoms with van der Waals surface area (Å²) in [7, 11) is 0. The summed E-state index contributed by atoms with van der Waals surface area (Å²) in [5.74, 6) is 0.549. The second-order valence-corrected chi connectivity index (χ2v) is 6.65. The van der Waals surface area contributed by atoms with Crippen molar-refractivity contribution in [3.05, 3.63) is 29.0 Å². The predicted molar refractivity (Wildman–Crippen MR) is 89.1 cm³/mol. The number of fused-ring (bicyclic) bond motifs is 1. The largest absolute Gasteiger partial charge is 0.696 e. The van der Waals surface area contributed by atoms with Crippen molar-refractivity contribution in [2.45, 2.75) is 59.9 Å². The molecule has 2 N–H and O–H groups in total. The summed E-state index contributed by atoms with van der Waals surface area (Å²) in [6, 6.07) is 0. The SMILES string of the molecule is CCn1c(/C([NH-])=C/C(C)=N)nc2c1CN(C(=O)OC(C)(C)C)C2. The molecule has 7 heteroatoms. The summed E-state index contributed by atoms with van der Waals surface area (Å²) in [4.78, 5) is 18.3. The van der Waals surface area contributed by atoms with Crippen molar-refractivity contribution in [2.24, 2.45) is 0 Å². The Morgan fingerprint density at radius 2 is 2.09 bits per heavy atom. The first-order chi connectivity index (χ1) is 10.6. The highest BCUT2D eigenvalue weighted by Gasteiger charge is 2.31. The zero-order chi connectivity index (χ0) is 17.4. The molecule has 0 fully saturated rings. The number of ether oxygens (including phenoxy) is 1. The van der Waals surface area contributed by atoms with Gasteiger partial charge in [0.05, 0.1) is 24.5 Å². The van der Waals surface area contributed by atoms with Gasteiger partial charge in [0.2, 0.25) is 0 Å². The van der Waals surface area contributed by atoms with Crippen LogP contribution in [0.2, 0.25) is 0 Å². The predicted octanol–water partition coefficient (Wildman–Crippen LogP) is 3.59. The van der Waals surface area contributed by atoms with Gasteiger partial charge in [-0.05, 0) is 34.6 Å². The molecule has 0 unspecified atom stereocenters. The van der Waals surface area contributed by atoms with E-state index in [4.69, 9.17) is 15.9 Å². The molecule has 2 heterocycles. The van der Waals surface area contributed by atoms with E-state index in [-0.39, 0.29) is 11.8 Å². The van der Waals surface area contributed by atoms with Crippen LogP contribution in [0.4, 0.5) is 4.79 Å². The summed E-state index contributed by atoms with van der Waals surface area (Å²) < 4.78 is 7.33. The van der Waals surface area contributed by atoms with Gasteiger partial charge in [0, 0.05) is 12.3 Å². The topological polar surface area (TPSA) is 95.0 Å². The molecular formula is C16H24N5O2-. The van der Waals surface area contributed by atoms with Crippen molar-refractivity contribution >= 4 is 17.5 Å². The molecule has 0 bridgehead atoms. The number of nitrogens with zero attached hydrogens (tertiary/aromatic N) is 3. The van der Waals surface area contributed by atoms with Gasteiger partial charge >= 0.3 is 6.09 Å². The van der Waals surface area contributed by atoms with Crippen LogP contribution in [0.3, 0.4) is 0 Å². The van der Waals surface area contributed by atoms with E-state index in [1.807, 2.05) is 32.3 Å². The van der Waals surface area contributed by atoms with E-state index in [9.17, 15) is 4.79 Å². The lowest BCUT2D eigenvalue weighted by Gasteiger charge is -2.24. The standard InChI is InChI=1S/C16H24N5O2/c1-6-21-13-9-20(15(22)23-16(3,4)5)8-12(13)19-14(21)11(18)7-10(2)17/h7H,6,8-9H2,1-5H3,(H2-,17,18)/q-1. The van der Waals surface area contributed by atoms with E-state index in [1.54, 1.807) is 11.8 Å². The van der Waals surface area contributed by atoms with Gasteiger partial charge in [-0.15, -0.1) is 0 Å². The maximum absolute atomic E-state index is 12.2. The van der Waals surface area contributed by atoms with Crippen LogP contribution in [0.15, 0.2) is 6.08 Å². The molecule has 1 aromatic heterocycles. The Bertz CT molecular complexity index is 667. The maximum atomic E-state index is 12.2. The Kier molecular flexibility index (Phi) is 4.49. The third-order valence-electron chi connectivity index (χ3n) is 3.41. The lowest BCUT2D eigenvalue weighted by molar-refractivity contribution is 0.0237. The van der Waals surface area contributed by atoms with Crippen LogP contribution < -0.4 is 0 Å². The molecule has 1 aliphatic rings. The third kappa shape index (κ3) is 3.72. The number of imidazole rings is 1. The fraction of sp³-hybridized carbons (Fsp3) is 0.562. The molecule has 0 saturated carbocycles. The normalized spacial score (nSPS) is 14.8. The average Bonchev–Trinajstić information content (AvgIpc) is 2.92. The number of rotatable bonds is 3. The molecule has 0 spiro atoms. The second-order valence-electron chi connectivity index (χ2n) is 6.65. The van der Waals surface area contributed by atoms with Gasteiger partial charge in [0.15, 0.2) is 0 Å². The lowest BCUT2D eigenvalue weighted by Crippen LogP contribution is -2.33. The van der Waals surface area contributed by atoms with Gasteiger partial charge in [0.25, 0.3) is 0 Å². The number of aromatic nitrogens is 2. The number of hydrogen-bond acceptors (Lipinski definition) is 4. The van der Waals surface area contributed by atoms with Gasteiger partial charge < -0.3 is 20.4 Å². The van der Waals surface area contributed by atoms with E-state index >= 15 is 0 Å². The number of carbonyl (C=O) groups excluding carboxylic acids is 1. The van der Waals surface area contributed by atoms with E-state index in [0.29, 0.717) is 31.2 Å². The minimum Gasteiger partial charge on any atom is -0.696 e. The van der Waals surface area contributed by atoms with Crippen LogP contribution in [-0.4, -0.2) is 31.9 Å². The minimum atomic E-state index is -0.526. The molecule has 0 saturated heterocycles. The van der Waals surface area contributed by atoms with Gasteiger partial charge in [-0.1, -0.05) is 11.8 Å². The van der Waals surface area contributed by atoms with Crippen LogP contribution in [-0.2, 0) is 24.4 Å². The van der Waals surface area contributed by atoms with Crippen LogP contribution in [0.1, 0.15) is 51.8 Å². The molecule has 0 aromatic carbocycles. The highest BCUT2D eigenvalue weighted by molar-refractivity contribution is 5.97. The second kappa shape index (κ2) is 6.06. The van der Waals surface area contributed by atoms with E-state index in [1.165, 1.54) is 6.08 Å². The van der Waals surface area contributed by atoms with Crippen molar-refractivity contribution in [3.63, 3.8) is 0 Å². The first kappa shape index (κ1) is 17.1. The van der Waals surface area contributed by atoms with Crippen LogP contribution in [0.25, 0.3) is 11.4 Å². The van der Waals surface area contributed by atoms with Crippen LogP contribution in [0.5, 0.6) is 0 Å². The van der Waals surface area contributed by atoms with Crippen molar-refractivity contribution in [1.82, 2.24) is 14.5 Å². The van der Waals surface area contributed by atoms with E-state index in [2.05, 4.69) is 4.98 Å². The molecule has 1 aromatic rings. The Hall–Kier alpha value is -2.31. The third-order valence-corrected chi connectivity index (χ3v) is 3.41. The van der Waals surface area contributed by atoms with Gasteiger partial charge in [0.1, 0.15) is 11.4 Å². The lowest BCUT2D eigenvalue weighted by atomic mass is 10.2. The minimum absolute atomic E-state index is 0.220. The maximum Gasteiger partial charge on any atom is 0.410 e. The van der Waals surface area contributed by atoms with E-state index in [0.717, 1.165) is 11.4 Å². The Morgan fingerprint density at radius 1 is 1.43 bits per heavy atom. The highest BCUT2D eigenvalue weighted by Crippen LogP contribution is 2.28. The number of nitrogens with one attached hydrogen (secondary N) is 2. The number of carbonyl (C=O) groups is 1. The smallest absolute Gasteiger partial charge is 0.410 e. The number of allylic oxidation sites excluding steroid dienone is 1. The monoisotopic (exact) mass is 318 g/mol. The van der Waals surface area contributed by atoms with Crippen molar-refractivity contribution < 1.29 is 9.53 Å². The Balaban J connectivity index is 2.24. The fourth-order valence-electron chi connectivity index (χ4n) is 2.54. The Labute approximate surface area is 136 Å². The molecule has 2 rings (SSSR count). The molecule has 1 aliphatic heterocycles. The van der Waals surface area contributed by atoms with E-state index < -0.39 is 5.60 Å². The van der Waals surface area contributed by atoms with Gasteiger partial charge in [-0.2, -0.15) is 0 Å². The molecule has 0 aliphatic carbocycles. The summed E-state index contributed by atoms with van der Waals surface area (Å²) in [6.07, 6.45) is 1.13. The quantitative estimate of drug-likeness (QED) is 0.863. The molecule has 1 amide bonds. The molecule has 0 radical (unpaired) electrons. The summed E-state index contributed by atoms with van der Waals surface area (Å²) in [5, 5.41) is 7.49. The molecule has 0 atom stereocenters. The zero-order valence-electron chi connectivity index (χ0n) is 14.4. The van der Waals surface area contributed by atoms with Gasteiger partial charge in [-0.3, -0.25) is 4.90 Å². The fourth-order valence-corrected chi connectivity index (χ4v) is 2.54. The number of hydrogen-bond donors (Lipinski definition) is 1. The molecule has 126 valence electrons. The zero-order valence-corrected chi connectivity index (χ0v) is 14.4. The molecule has 23 heavy (non-hydrogen) atoms.